The second kappa shape index (κ2) is 3.83. The molecule has 4 heteroatoms. The van der Waals surface area contributed by atoms with Crippen LogP contribution in [0.1, 0.15) is 34.7 Å². The van der Waals surface area contributed by atoms with Crippen LogP contribution in [0.2, 0.25) is 0 Å². The first-order chi connectivity index (χ1) is 8.27. The molecule has 0 bridgehead atoms. The van der Waals surface area contributed by atoms with E-state index in [1.165, 1.54) is 0 Å². The fraction of sp³-hybridized carbons (Fsp3) is 0.429. The second-order valence-corrected chi connectivity index (χ2v) is 5.17. The summed E-state index contributed by atoms with van der Waals surface area (Å²) < 4.78 is 0. The summed E-state index contributed by atoms with van der Waals surface area (Å²) in [5.74, 6) is -0.288. The molecule has 1 fully saturated rings. The Morgan fingerprint density at radius 3 is 1.89 bits per heavy atom. The topological polar surface area (TPSA) is 58.2 Å². The van der Waals surface area contributed by atoms with Gasteiger partial charge in [0.05, 0.1) is 0 Å². The van der Waals surface area contributed by atoms with Gasteiger partial charge in [-0.15, -0.1) is 0 Å². The predicted octanol–water partition coefficient (Wildman–Crippen LogP) is 1.97. The number of nitrogens with one attached hydrogen (secondary N) is 2. The number of rotatable bonds is 1. The lowest BCUT2D eigenvalue weighted by atomic mass is 9.82. The summed E-state index contributed by atoms with van der Waals surface area (Å²) in [4.78, 5) is 23.4. The number of hydrogen-bond donors (Lipinski definition) is 2. The van der Waals surface area contributed by atoms with Gasteiger partial charge in [-0.25, -0.2) is 4.79 Å². The first-order valence-electron chi connectivity index (χ1n) is 5.99. The highest BCUT2D eigenvalue weighted by Crippen LogP contribution is 2.33. The second-order valence-electron chi connectivity index (χ2n) is 5.17. The van der Waals surface area contributed by atoms with Crippen molar-refractivity contribution in [2.75, 3.05) is 0 Å². The predicted molar refractivity (Wildman–Crippen MR) is 69.4 cm³/mol. The molecule has 4 nitrogen and oxygen atoms in total. The maximum absolute atomic E-state index is 12.0. The van der Waals surface area contributed by atoms with Gasteiger partial charge in [-0.2, -0.15) is 0 Å². The lowest BCUT2D eigenvalue weighted by Gasteiger charge is -2.27. The highest BCUT2D eigenvalue weighted by atomic mass is 16.2. The molecule has 1 unspecified atom stereocenters. The van der Waals surface area contributed by atoms with Crippen LogP contribution in [-0.4, -0.2) is 11.9 Å². The minimum Gasteiger partial charge on any atom is -0.320 e. The zero-order valence-corrected chi connectivity index (χ0v) is 11.4. The number of carbonyl (C=O) groups excluding carboxylic acids is 2. The zero-order valence-electron chi connectivity index (χ0n) is 11.4. The average molecular weight is 246 g/mol. The van der Waals surface area contributed by atoms with Crippen molar-refractivity contribution in [2.24, 2.45) is 0 Å². The molecule has 1 heterocycles. The van der Waals surface area contributed by atoms with E-state index in [2.05, 4.69) is 16.7 Å². The smallest absolute Gasteiger partial charge is 0.320 e. The molecule has 0 aliphatic carbocycles. The highest BCUT2D eigenvalue weighted by Gasteiger charge is 2.45. The molecular weight excluding hydrogens is 228 g/mol. The monoisotopic (exact) mass is 246 g/mol. The van der Waals surface area contributed by atoms with E-state index in [1.54, 1.807) is 6.92 Å². The third-order valence-electron chi connectivity index (χ3n) is 3.91. The van der Waals surface area contributed by atoms with Crippen LogP contribution in [0.25, 0.3) is 0 Å². The van der Waals surface area contributed by atoms with E-state index < -0.39 is 11.6 Å². The molecule has 1 aliphatic heterocycles. The summed E-state index contributed by atoms with van der Waals surface area (Å²) in [7, 11) is 0. The fourth-order valence-electron chi connectivity index (χ4n) is 2.69. The van der Waals surface area contributed by atoms with E-state index in [-0.39, 0.29) is 5.91 Å². The number of hydrogen-bond acceptors (Lipinski definition) is 2. The van der Waals surface area contributed by atoms with Gasteiger partial charge in [-0.3, -0.25) is 10.1 Å². The molecule has 2 N–H and O–H groups in total. The summed E-state index contributed by atoms with van der Waals surface area (Å²) in [5, 5.41) is 5.04. The van der Waals surface area contributed by atoms with Crippen LogP contribution in [0.15, 0.2) is 6.07 Å². The number of imide groups is 1. The molecule has 0 spiro atoms. The Bertz CT molecular complexity index is 537. The zero-order chi connectivity index (χ0) is 13.7. The standard InChI is InChI=1S/C14H18N2O2/c1-7-6-8(2)10(4)11(9(7)3)14(5)12(17)15-13(18)16-14/h6H,1-5H3,(H2,15,16,17,18). The summed E-state index contributed by atoms with van der Waals surface area (Å²) >= 11 is 0. The SMILES string of the molecule is Cc1cc(C)c(C)c(C2(C)NC(=O)NC2=O)c1C. The maximum atomic E-state index is 12.0. The lowest BCUT2D eigenvalue weighted by Crippen LogP contribution is -2.42. The van der Waals surface area contributed by atoms with Crippen LogP contribution in [0.3, 0.4) is 0 Å². The van der Waals surface area contributed by atoms with Crippen molar-refractivity contribution < 1.29 is 9.59 Å². The average Bonchev–Trinajstić information content (AvgIpc) is 2.51. The van der Waals surface area contributed by atoms with Gasteiger partial charge in [-0.05, 0) is 62.4 Å². The van der Waals surface area contributed by atoms with Crippen LogP contribution in [0, 0.1) is 27.7 Å². The van der Waals surface area contributed by atoms with Crippen molar-refractivity contribution in [2.45, 2.75) is 40.2 Å². The van der Waals surface area contributed by atoms with Crippen molar-refractivity contribution in [3.05, 3.63) is 33.9 Å². The molecule has 1 atom stereocenters. The van der Waals surface area contributed by atoms with Crippen LogP contribution >= 0.6 is 0 Å². The molecule has 2 rings (SSSR count). The van der Waals surface area contributed by atoms with Crippen molar-refractivity contribution in [1.29, 1.82) is 0 Å². The van der Waals surface area contributed by atoms with Crippen molar-refractivity contribution >= 4 is 11.9 Å². The number of aryl methyl sites for hydroxylation is 2. The number of urea groups is 1. The van der Waals surface area contributed by atoms with Crippen LogP contribution in [-0.2, 0) is 10.3 Å². The third-order valence-corrected chi connectivity index (χ3v) is 3.91. The first-order valence-corrected chi connectivity index (χ1v) is 5.99. The number of amides is 3. The summed E-state index contributed by atoms with van der Waals surface area (Å²) in [6, 6.07) is 1.67. The Labute approximate surface area is 107 Å². The van der Waals surface area contributed by atoms with E-state index in [9.17, 15) is 9.59 Å². The Kier molecular flexibility index (Phi) is 2.69. The van der Waals surface area contributed by atoms with Gasteiger partial charge >= 0.3 is 6.03 Å². The van der Waals surface area contributed by atoms with E-state index in [4.69, 9.17) is 0 Å². The van der Waals surface area contributed by atoms with E-state index in [0.29, 0.717) is 0 Å². The Balaban J connectivity index is 2.72. The maximum Gasteiger partial charge on any atom is 0.322 e. The highest BCUT2D eigenvalue weighted by molar-refractivity contribution is 6.07. The molecule has 0 aromatic heterocycles. The molecule has 1 aliphatic rings. The van der Waals surface area contributed by atoms with Gasteiger partial charge < -0.3 is 5.32 Å². The van der Waals surface area contributed by atoms with Crippen LogP contribution in [0.5, 0.6) is 0 Å². The molecule has 0 saturated carbocycles. The van der Waals surface area contributed by atoms with Gasteiger partial charge in [0, 0.05) is 0 Å². The third kappa shape index (κ3) is 1.60. The quantitative estimate of drug-likeness (QED) is 0.744. The molecular formula is C14H18N2O2. The molecule has 96 valence electrons. The fourth-order valence-corrected chi connectivity index (χ4v) is 2.69. The van der Waals surface area contributed by atoms with E-state index in [1.807, 2.05) is 27.7 Å². The summed E-state index contributed by atoms with van der Waals surface area (Å²) in [5.41, 5.74) is 4.30. The minimum absolute atomic E-state index is 0.288. The first kappa shape index (κ1) is 12.6. The van der Waals surface area contributed by atoms with E-state index >= 15 is 0 Å². The molecule has 1 aromatic rings. The normalized spacial score (nSPS) is 22.9. The summed E-state index contributed by atoms with van der Waals surface area (Å²) in [6.45, 7) is 9.76. The summed E-state index contributed by atoms with van der Waals surface area (Å²) in [6.07, 6.45) is 0. The van der Waals surface area contributed by atoms with Crippen LogP contribution < -0.4 is 10.6 Å². The van der Waals surface area contributed by atoms with Crippen LogP contribution in [0.4, 0.5) is 4.79 Å². The molecule has 3 amide bonds. The lowest BCUT2D eigenvalue weighted by molar-refractivity contribution is -0.123. The van der Waals surface area contributed by atoms with Crippen molar-refractivity contribution in [1.82, 2.24) is 10.6 Å². The van der Waals surface area contributed by atoms with Gasteiger partial charge in [0.15, 0.2) is 0 Å². The molecule has 1 aromatic carbocycles. The molecule has 1 saturated heterocycles. The Morgan fingerprint density at radius 1 is 1.00 bits per heavy atom. The number of benzene rings is 1. The molecule has 0 radical (unpaired) electrons. The van der Waals surface area contributed by atoms with E-state index in [0.717, 1.165) is 27.8 Å². The Morgan fingerprint density at radius 2 is 1.50 bits per heavy atom. The van der Waals surface area contributed by atoms with Gasteiger partial charge in [0.2, 0.25) is 0 Å². The minimum atomic E-state index is -0.970. The number of carbonyl (C=O) groups is 2. The van der Waals surface area contributed by atoms with Gasteiger partial charge in [-0.1, -0.05) is 6.07 Å². The Hall–Kier alpha value is -1.84. The largest absolute Gasteiger partial charge is 0.322 e. The van der Waals surface area contributed by atoms with Gasteiger partial charge in [0.25, 0.3) is 5.91 Å². The van der Waals surface area contributed by atoms with Gasteiger partial charge in [0.1, 0.15) is 5.54 Å². The molecule has 18 heavy (non-hydrogen) atoms. The van der Waals surface area contributed by atoms with Crippen molar-refractivity contribution in [3.8, 4) is 0 Å². The van der Waals surface area contributed by atoms with Crippen molar-refractivity contribution in [3.63, 3.8) is 0 Å².